The fourth-order valence-corrected chi connectivity index (χ4v) is 0.927. The Balaban J connectivity index is 0.000000145. The summed E-state index contributed by atoms with van der Waals surface area (Å²) in [6, 6.07) is 7.79. The summed E-state index contributed by atoms with van der Waals surface area (Å²) in [7, 11) is 0. The molecule has 1 saturated heterocycles. The van der Waals surface area contributed by atoms with Crippen LogP contribution in [-0.2, 0) is 4.74 Å². The van der Waals surface area contributed by atoms with Gasteiger partial charge in [0.1, 0.15) is 0 Å². The number of hydrogen-bond acceptors (Lipinski definition) is 3. The van der Waals surface area contributed by atoms with Gasteiger partial charge < -0.3 is 10.5 Å². The second kappa shape index (κ2) is 5.56. The highest BCUT2D eigenvalue weighted by molar-refractivity contribution is 5.38. The number of anilines is 1. The van der Waals surface area contributed by atoms with E-state index in [1.165, 1.54) is 5.56 Å². The van der Waals surface area contributed by atoms with Crippen LogP contribution < -0.4 is 11.1 Å². The average molecular weight is 180 g/mol. The first-order chi connectivity index (χ1) is 6.29. The Labute approximate surface area is 78.9 Å². The van der Waals surface area contributed by atoms with Gasteiger partial charge in [-0.1, -0.05) is 17.7 Å². The Morgan fingerprint density at radius 2 is 2.00 bits per heavy atom. The highest BCUT2D eigenvalue weighted by Crippen LogP contribution is 2.02. The van der Waals surface area contributed by atoms with E-state index in [1.54, 1.807) is 0 Å². The largest absolute Gasteiger partial charge is 0.399 e. The lowest BCUT2D eigenvalue weighted by Gasteiger charge is -1.90. The van der Waals surface area contributed by atoms with Crippen molar-refractivity contribution >= 4 is 5.69 Å². The molecule has 0 radical (unpaired) electrons. The quantitative estimate of drug-likeness (QED) is 0.589. The molecule has 0 aromatic heterocycles. The standard InChI is InChI=1S/C7H9N.C3H7NO/c1-6-2-4-7(8)5-3-6;1-2-5-3-4-1/h2-5H,8H2,1H3;4H,1-3H2. The maximum Gasteiger partial charge on any atom is 0.0966 e. The molecular formula is C10H16N2O. The van der Waals surface area contributed by atoms with Gasteiger partial charge in [-0.3, -0.25) is 5.32 Å². The van der Waals surface area contributed by atoms with Crippen molar-refractivity contribution in [3.8, 4) is 0 Å². The van der Waals surface area contributed by atoms with Crippen molar-refractivity contribution in [3.63, 3.8) is 0 Å². The minimum Gasteiger partial charge on any atom is -0.399 e. The molecule has 3 nitrogen and oxygen atoms in total. The van der Waals surface area contributed by atoms with Crippen molar-refractivity contribution in [3.05, 3.63) is 29.8 Å². The Bertz CT molecular complexity index is 201. The number of nitrogen functional groups attached to an aromatic ring is 1. The van der Waals surface area contributed by atoms with Crippen molar-refractivity contribution in [1.29, 1.82) is 0 Å². The minimum atomic E-state index is 0.750. The first-order valence-corrected chi connectivity index (χ1v) is 4.39. The van der Waals surface area contributed by atoms with Crippen molar-refractivity contribution < 1.29 is 4.74 Å². The molecule has 1 heterocycles. The van der Waals surface area contributed by atoms with Gasteiger partial charge in [-0.2, -0.15) is 0 Å². The molecule has 1 aromatic rings. The van der Waals surface area contributed by atoms with E-state index in [1.807, 2.05) is 31.2 Å². The van der Waals surface area contributed by atoms with Crippen LogP contribution in [0.1, 0.15) is 5.56 Å². The van der Waals surface area contributed by atoms with E-state index < -0.39 is 0 Å². The monoisotopic (exact) mass is 180 g/mol. The summed E-state index contributed by atoms with van der Waals surface area (Å²) >= 11 is 0. The Kier molecular flexibility index (Phi) is 4.29. The van der Waals surface area contributed by atoms with E-state index in [0.29, 0.717) is 0 Å². The van der Waals surface area contributed by atoms with Crippen molar-refractivity contribution in [2.45, 2.75) is 6.92 Å². The Morgan fingerprint density at radius 1 is 1.31 bits per heavy atom. The molecule has 0 atom stereocenters. The normalized spacial score (nSPS) is 14.8. The Morgan fingerprint density at radius 3 is 2.31 bits per heavy atom. The number of nitrogens with two attached hydrogens (primary N) is 1. The highest BCUT2D eigenvalue weighted by atomic mass is 16.5. The van der Waals surface area contributed by atoms with Crippen LogP contribution in [0.2, 0.25) is 0 Å². The van der Waals surface area contributed by atoms with Crippen molar-refractivity contribution in [2.24, 2.45) is 0 Å². The van der Waals surface area contributed by atoms with Crippen LogP contribution in [0.25, 0.3) is 0 Å². The summed E-state index contributed by atoms with van der Waals surface area (Å²) in [6.45, 7) is 4.71. The number of benzene rings is 1. The number of ether oxygens (including phenoxy) is 1. The summed E-state index contributed by atoms with van der Waals surface area (Å²) in [6.07, 6.45) is 0. The molecule has 0 unspecified atom stereocenters. The molecule has 13 heavy (non-hydrogen) atoms. The summed E-state index contributed by atoms with van der Waals surface area (Å²) in [5, 5.41) is 3.00. The molecule has 1 fully saturated rings. The zero-order chi connectivity index (χ0) is 9.52. The first kappa shape index (κ1) is 10.0. The van der Waals surface area contributed by atoms with Crippen LogP contribution in [-0.4, -0.2) is 19.9 Å². The lowest BCUT2D eigenvalue weighted by atomic mass is 10.2. The number of aryl methyl sites for hydroxylation is 1. The van der Waals surface area contributed by atoms with Crippen molar-refractivity contribution in [1.82, 2.24) is 5.32 Å². The smallest absolute Gasteiger partial charge is 0.0966 e. The molecule has 0 aliphatic carbocycles. The van der Waals surface area contributed by atoms with Gasteiger partial charge in [0.15, 0.2) is 0 Å². The fourth-order valence-electron chi connectivity index (χ4n) is 0.927. The van der Waals surface area contributed by atoms with Crippen LogP contribution in [0, 0.1) is 6.92 Å². The molecule has 0 spiro atoms. The Hall–Kier alpha value is -1.06. The van der Waals surface area contributed by atoms with Gasteiger partial charge in [0.25, 0.3) is 0 Å². The van der Waals surface area contributed by atoms with Crippen molar-refractivity contribution in [2.75, 3.05) is 25.6 Å². The van der Waals surface area contributed by atoms with Gasteiger partial charge in [-0.25, -0.2) is 0 Å². The summed E-state index contributed by atoms with van der Waals surface area (Å²) < 4.78 is 4.83. The second-order valence-corrected chi connectivity index (χ2v) is 2.96. The predicted molar refractivity (Wildman–Crippen MR) is 54.4 cm³/mol. The number of hydrogen-bond donors (Lipinski definition) is 2. The molecule has 72 valence electrons. The first-order valence-electron chi connectivity index (χ1n) is 4.39. The van der Waals surface area contributed by atoms with Crippen LogP contribution in [0.3, 0.4) is 0 Å². The molecule has 0 bridgehead atoms. The molecule has 3 N–H and O–H groups in total. The summed E-state index contributed by atoms with van der Waals surface area (Å²) in [5.74, 6) is 0. The van der Waals surface area contributed by atoms with Gasteiger partial charge in [0, 0.05) is 12.2 Å². The van der Waals surface area contributed by atoms with E-state index in [-0.39, 0.29) is 0 Å². The van der Waals surface area contributed by atoms with Gasteiger partial charge in [-0.05, 0) is 19.1 Å². The SMILES string of the molecule is C1COCN1.Cc1ccc(N)cc1. The maximum absolute atomic E-state index is 5.43. The minimum absolute atomic E-state index is 0.750. The third-order valence-corrected chi connectivity index (χ3v) is 1.70. The third-order valence-electron chi connectivity index (χ3n) is 1.70. The van der Waals surface area contributed by atoms with Crippen LogP contribution in [0.5, 0.6) is 0 Å². The lowest BCUT2D eigenvalue weighted by Crippen LogP contribution is -2.05. The fraction of sp³-hybridized carbons (Fsp3) is 0.400. The number of nitrogens with one attached hydrogen (secondary N) is 1. The van der Waals surface area contributed by atoms with Crippen LogP contribution in [0.4, 0.5) is 5.69 Å². The molecule has 3 heteroatoms. The van der Waals surface area contributed by atoms with Gasteiger partial charge in [0.2, 0.25) is 0 Å². The van der Waals surface area contributed by atoms with Gasteiger partial charge in [0.05, 0.1) is 13.3 Å². The second-order valence-electron chi connectivity index (χ2n) is 2.96. The topological polar surface area (TPSA) is 47.3 Å². The lowest BCUT2D eigenvalue weighted by molar-refractivity contribution is 0.194. The third kappa shape index (κ3) is 4.50. The predicted octanol–water partition coefficient (Wildman–Crippen LogP) is 1.14. The molecule has 0 saturated carbocycles. The van der Waals surface area contributed by atoms with E-state index >= 15 is 0 Å². The summed E-state index contributed by atoms with van der Waals surface area (Å²) in [5.41, 5.74) is 7.51. The van der Waals surface area contributed by atoms with Crippen LogP contribution in [0.15, 0.2) is 24.3 Å². The number of rotatable bonds is 0. The highest BCUT2D eigenvalue weighted by Gasteiger charge is 1.92. The van der Waals surface area contributed by atoms with E-state index in [0.717, 1.165) is 25.6 Å². The molecule has 1 aliphatic rings. The van der Waals surface area contributed by atoms with Gasteiger partial charge in [-0.15, -0.1) is 0 Å². The molecule has 0 amide bonds. The molecule has 2 rings (SSSR count). The molecule has 1 aromatic carbocycles. The van der Waals surface area contributed by atoms with E-state index in [2.05, 4.69) is 5.32 Å². The summed E-state index contributed by atoms with van der Waals surface area (Å²) in [4.78, 5) is 0. The maximum atomic E-state index is 5.43. The van der Waals surface area contributed by atoms with Gasteiger partial charge >= 0.3 is 0 Å². The molecule has 1 aliphatic heterocycles. The van der Waals surface area contributed by atoms with E-state index in [9.17, 15) is 0 Å². The van der Waals surface area contributed by atoms with Crippen LogP contribution >= 0.6 is 0 Å². The molecular weight excluding hydrogens is 164 g/mol. The zero-order valence-electron chi connectivity index (χ0n) is 7.92. The zero-order valence-corrected chi connectivity index (χ0v) is 7.92. The van der Waals surface area contributed by atoms with E-state index in [4.69, 9.17) is 10.5 Å². The average Bonchev–Trinajstić information content (AvgIpc) is 2.68.